The summed E-state index contributed by atoms with van der Waals surface area (Å²) in [6.45, 7) is 4.49. The number of hydrogen-bond acceptors (Lipinski definition) is 3. The quantitative estimate of drug-likeness (QED) is 0.903. The Hall–Kier alpha value is -0.680. The van der Waals surface area contributed by atoms with Crippen LogP contribution in [0.2, 0.25) is 5.02 Å². The third-order valence-electron chi connectivity index (χ3n) is 3.13. The molecular formula is C14H19ClFNO2. The minimum Gasteiger partial charge on any atom is -0.376 e. The van der Waals surface area contributed by atoms with E-state index in [0.29, 0.717) is 30.4 Å². The normalized spacial score (nSPS) is 21.3. The van der Waals surface area contributed by atoms with Gasteiger partial charge in [0.25, 0.3) is 0 Å². The Balaban J connectivity index is 2.19. The van der Waals surface area contributed by atoms with E-state index in [9.17, 15) is 4.39 Å². The van der Waals surface area contributed by atoms with Gasteiger partial charge in [-0.15, -0.1) is 0 Å². The van der Waals surface area contributed by atoms with Gasteiger partial charge in [0.05, 0.1) is 25.9 Å². The first kappa shape index (κ1) is 14.7. The first-order chi connectivity index (χ1) is 9.22. The minimum atomic E-state index is -0.310. The van der Waals surface area contributed by atoms with Gasteiger partial charge < -0.3 is 14.8 Å². The molecule has 2 atom stereocenters. The molecule has 1 N–H and O–H groups in total. The molecule has 0 aliphatic carbocycles. The standard InChI is InChI=1S/C14H19ClFNO2/c1-2-5-17-14(13-9-18-6-7-19-13)11-4-3-10(15)8-12(11)16/h3-4,8,13-14,17H,2,5-7,9H2,1H3. The van der Waals surface area contributed by atoms with Crippen molar-refractivity contribution in [2.75, 3.05) is 26.4 Å². The fourth-order valence-corrected chi connectivity index (χ4v) is 2.35. The van der Waals surface area contributed by atoms with E-state index in [1.807, 2.05) is 0 Å². The maximum Gasteiger partial charge on any atom is 0.129 e. The number of halogens is 2. The fraction of sp³-hybridized carbons (Fsp3) is 0.571. The molecule has 0 aromatic heterocycles. The second-order valence-corrected chi connectivity index (χ2v) is 5.02. The van der Waals surface area contributed by atoms with Crippen molar-refractivity contribution in [2.24, 2.45) is 0 Å². The van der Waals surface area contributed by atoms with Gasteiger partial charge in [-0.25, -0.2) is 4.39 Å². The summed E-state index contributed by atoms with van der Waals surface area (Å²) >= 11 is 5.80. The van der Waals surface area contributed by atoms with Crippen LogP contribution in [-0.2, 0) is 9.47 Å². The Morgan fingerprint density at radius 2 is 2.32 bits per heavy atom. The summed E-state index contributed by atoms with van der Waals surface area (Å²) < 4.78 is 25.2. The fourth-order valence-electron chi connectivity index (χ4n) is 2.19. The van der Waals surface area contributed by atoms with Gasteiger partial charge >= 0.3 is 0 Å². The van der Waals surface area contributed by atoms with Gasteiger partial charge in [-0.05, 0) is 25.1 Å². The second-order valence-electron chi connectivity index (χ2n) is 4.58. The molecule has 1 aromatic rings. The summed E-state index contributed by atoms with van der Waals surface area (Å²) in [4.78, 5) is 0. The summed E-state index contributed by atoms with van der Waals surface area (Å²) in [5, 5.41) is 3.73. The third-order valence-corrected chi connectivity index (χ3v) is 3.36. The molecule has 0 saturated carbocycles. The van der Waals surface area contributed by atoms with Gasteiger partial charge in [-0.3, -0.25) is 0 Å². The topological polar surface area (TPSA) is 30.5 Å². The summed E-state index contributed by atoms with van der Waals surface area (Å²) in [5.41, 5.74) is 0.577. The van der Waals surface area contributed by atoms with Gasteiger partial charge in [0.15, 0.2) is 0 Å². The number of nitrogens with one attached hydrogen (secondary N) is 1. The predicted octanol–water partition coefficient (Wildman–Crippen LogP) is 2.94. The lowest BCUT2D eigenvalue weighted by Crippen LogP contribution is -2.41. The van der Waals surface area contributed by atoms with Crippen molar-refractivity contribution < 1.29 is 13.9 Å². The first-order valence-electron chi connectivity index (χ1n) is 6.60. The highest BCUT2D eigenvalue weighted by Crippen LogP contribution is 2.26. The van der Waals surface area contributed by atoms with Crippen LogP contribution >= 0.6 is 11.6 Å². The van der Waals surface area contributed by atoms with Gasteiger partial charge in [0.1, 0.15) is 11.9 Å². The molecule has 1 fully saturated rings. The van der Waals surface area contributed by atoms with E-state index >= 15 is 0 Å². The minimum absolute atomic E-state index is 0.170. The second kappa shape index (κ2) is 7.20. The monoisotopic (exact) mass is 287 g/mol. The summed E-state index contributed by atoms with van der Waals surface area (Å²) in [5.74, 6) is -0.310. The molecule has 106 valence electrons. The average Bonchev–Trinajstić information content (AvgIpc) is 2.42. The van der Waals surface area contributed by atoms with E-state index in [0.717, 1.165) is 13.0 Å². The van der Waals surface area contributed by atoms with Gasteiger partial charge in [0, 0.05) is 10.6 Å². The van der Waals surface area contributed by atoms with Crippen LogP contribution in [0.4, 0.5) is 4.39 Å². The highest BCUT2D eigenvalue weighted by molar-refractivity contribution is 6.30. The molecular weight excluding hydrogens is 269 g/mol. The highest BCUT2D eigenvalue weighted by Gasteiger charge is 2.28. The molecule has 1 saturated heterocycles. The highest BCUT2D eigenvalue weighted by atomic mass is 35.5. The third kappa shape index (κ3) is 3.89. The van der Waals surface area contributed by atoms with Crippen LogP contribution in [-0.4, -0.2) is 32.5 Å². The van der Waals surface area contributed by atoms with Crippen molar-refractivity contribution in [3.8, 4) is 0 Å². The molecule has 5 heteroatoms. The van der Waals surface area contributed by atoms with E-state index in [2.05, 4.69) is 12.2 Å². The van der Waals surface area contributed by atoms with Crippen molar-refractivity contribution in [1.29, 1.82) is 0 Å². The number of rotatable bonds is 5. The molecule has 0 spiro atoms. The Morgan fingerprint density at radius 1 is 1.47 bits per heavy atom. The summed E-state index contributed by atoms with van der Waals surface area (Å²) in [6, 6.07) is 4.53. The van der Waals surface area contributed by atoms with Gasteiger partial charge in [-0.1, -0.05) is 24.6 Å². The molecule has 2 rings (SSSR count). The van der Waals surface area contributed by atoms with E-state index in [1.54, 1.807) is 12.1 Å². The number of hydrogen-bond donors (Lipinski definition) is 1. The zero-order chi connectivity index (χ0) is 13.7. The molecule has 2 unspecified atom stereocenters. The molecule has 19 heavy (non-hydrogen) atoms. The molecule has 3 nitrogen and oxygen atoms in total. The maximum absolute atomic E-state index is 14.1. The molecule has 0 bridgehead atoms. The van der Waals surface area contributed by atoms with Crippen LogP contribution in [0, 0.1) is 5.82 Å². The first-order valence-corrected chi connectivity index (χ1v) is 6.98. The largest absolute Gasteiger partial charge is 0.376 e. The lowest BCUT2D eigenvalue weighted by molar-refractivity contribution is -0.102. The lowest BCUT2D eigenvalue weighted by Gasteiger charge is -2.31. The van der Waals surface area contributed by atoms with Crippen LogP contribution in [0.1, 0.15) is 24.9 Å². The van der Waals surface area contributed by atoms with Crippen LogP contribution in [0.5, 0.6) is 0 Å². The smallest absolute Gasteiger partial charge is 0.129 e. The zero-order valence-corrected chi connectivity index (χ0v) is 11.8. The lowest BCUT2D eigenvalue weighted by atomic mass is 10.0. The molecule has 1 aromatic carbocycles. The van der Waals surface area contributed by atoms with Crippen molar-refractivity contribution in [2.45, 2.75) is 25.5 Å². The summed E-state index contributed by atoms with van der Waals surface area (Å²) in [7, 11) is 0. The van der Waals surface area contributed by atoms with E-state index in [1.165, 1.54) is 6.07 Å². The molecule has 0 amide bonds. The van der Waals surface area contributed by atoms with Crippen LogP contribution in [0.15, 0.2) is 18.2 Å². The van der Waals surface area contributed by atoms with Crippen LogP contribution in [0.3, 0.4) is 0 Å². The van der Waals surface area contributed by atoms with Crippen LogP contribution in [0.25, 0.3) is 0 Å². The van der Waals surface area contributed by atoms with Crippen molar-refractivity contribution in [3.63, 3.8) is 0 Å². The van der Waals surface area contributed by atoms with Crippen molar-refractivity contribution in [1.82, 2.24) is 5.32 Å². The summed E-state index contributed by atoms with van der Waals surface area (Å²) in [6.07, 6.45) is 0.801. The Labute approximate surface area is 118 Å². The molecule has 1 aliphatic rings. The Kier molecular flexibility index (Phi) is 5.58. The average molecular weight is 288 g/mol. The van der Waals surface area contributed by atoms with E-state index < -0.39 is 0 Å². The van der Waals surface area contributed by atoms with Crippen molar-refractivity contribution >= 4 is 11.6 Å². The maximum atomic E-state index is 14.1. The Morgan fingerprint density at radius 3 is 2.95 bits per heavy atom. The van der Waals surface area contributed by atoms with E-state index in [-0.39, 0.29) is 18.0 Å². The molecule has 1 heterocycles. The van der Waals surface area contributed by atoms with Gasteiger partial charge in [0.2, 0.25) is 0 Å². The molecule has 1 aliphatic heterocycles. The number of ether oxygens (including phenoxy) is 2. The predicted molar refractivity (Wildman–Crippen MR) is 73.0 cm³/mol. The van der Waals surface area contributed by atoms with Gasteiger partial charge in [-0.2, -0.15) is 0 Å². The van der Waals surface area contributed by atoms with Crippen molar-refractivity contribution in [3.05, 3.63) is 34.6 Å². The number of benzene rings is 1. The Bertz CT molecular complexity index is 410. The SMILES string of the molecule is CCCNC(c1ccc(Cl)cc1F)C1COCCO1. The van der Waals surface area contributed by atoms with E-state index in [4.69, 9.17) is 21.1 Å². The van der Waals surface area contributed by atoms with Crippen LogP contribution < -0.4 is 5.32 Å². The zero-order valence-electron chi connectivity index (χ0n) is 11.0. The molecule has 0 radical (unpaired) electrons.